The number of morpholine rings is 1. The molecule has 0 radical (unpaired) electrons. The molecule has 3 aromatic rings. The molecule has 0 bridgehead atoms. The monoisotopic (exact) mass is 401 g/mol. The number of hydrogen-bond donors (Lipinski definition) is 2. The average molecular weight is 401 g/mol. The van der Waals surface area contributed by atoms with E-state index in [1.54, 1.807) is 10.9 Å². The van der Waals surface area contributed by atoms with Crippen LogP contribution in [0.2, 0.25) is 0 Å². The van der Waals surface area contributed by atoms with Crippen LogP contribution in [-0.2, 0) is 4.74 Å². The molecule has 0 amide bonds. The largest absolute Gasteiger partial charge is 0.378 e. The molecule has 1 saturated heterocycles. The van der Waals surface area contributed by atoms with Gasteiger partial charge in [0, 0.05) is 42.9 Å². The zero-order valence-electron chi connectivity index (χ0n) is 16.5. The molecule has 0 aliphatic carbocycles. The minimum atomic E-state index is -0.215. The smallest absolute Gasteiger partial charge is 0.209 e. The van der Waals surface area contributed by atoms with Crippen LogP contribution >= 0.6 is 0 Å². The molecule has 4 rings (SSSR count). The normalized spacial score (nSPS) is 14.4. The van der Waals surface area contributed by atoms with Crippen molar-refractivity contribution >= 4 is 23.3 Å². The van der Waals surface area contributed by atoms with Crippen molar-refractivity contribution in [3.63, 3.8) is 0 Å². The number of aromatic nitrogens is 2. The summed E-state index contributed by atoms with van der Waals surface area (Å²) in [5.41, 5.74) is 3.31. The Morgan fingerprint density at radius 1 is 1.00 bits per heavy atom. The molecule has 7 nitrogen and oxygen atoms in total. The Balaban J connectivity index is 1.63. The van der Waals surface area contributed by atoms with Crippen LogP contribution in [0.1, 0.15) is 5.69 Å². The van der Waals surface area contributed by atoms with E-state index in [9.17, 15) is 4.79 Å². The molecule has 7 heteroatoms. The van der Waals surface area contributed by atoms with E-state index >= 15 is 0 Å². The zero-order valence-corrected chi connectivity index (χ0v) is 16.5. The van der Waals surface area contributed by atoms with Gasteiger partial charge in [-0.3, -0.25) is 4.79 Å². The third-order valence-corrected chi connectivity index (χ3v) is 4.86. The predicted octanol–water partition coefficient (Wildman–Crippen LogP) is 3.17. The number of allylic oxidation sites excluding steroid dienone is 1. The van der Waals surface area contributed by atoms with Crippen LogP contribution in [0.4, 0.5) is 11.4 Å². The standard InChI is InChI=1S/C23H23N5O2/c24-12-10-21(25-18-4-2-1-3-5-18)23-22(29)11-13-28(26-23)20-8-6-19(7-9-20)27-14-16-30-17-15-27/h1-13,24-25H,14-17H2/b21-10-,24-12?. The summed E-state index contributed by atoms with van der Waals surface area (Å²) in [6.07, 6.45) is 4.32. The molecule has 0 atom stereocenters. The van der Waals surface area contributed by atoms with Gasteiger partial charge in [0.25, 0.3) is 0 Å². The van der Waals surface area contributed by atoms with Gasteiger partial charge >= 0.3 is 0 Å². The van der Waals surface area contributed by atoms with Gasteiger partial charge < -0.3 is 20.4 Å². The lowest BCUT2D eigenvalue weighted by atomic mass is 10.2. The van der Waals surface area contributed by atoms with E-state index in [2.05, 4.69) is 27.4 Å². The van der Waals surface area contributed by atoms with Gasteiger partial charge in [-0.05, 0) is 42.5 Å². The van der Waals surface area contributed by atoms with E-state index in [4.69, 9.17) is 10.1 Å². The van der Waals surface area contributed by atoms with E-state index in [1.165, 1.54) is 12.1 Å². The molecule has 1 aliphatic rings. The third kappa shape index (κ3) is 4.47. The summed E-state index contributed by atoms with van der Waals surface area (Å²) in [6.45, 7) is 3.23. The second-order valence-electron chi connectivity index (χ2n) is 6.83. The summed E-state index contributed by atoms with van der Waals surface area (Å²) in [5, 5.41) is 15.2. The number of nitrogens with zero attached hydrogens (tertiary/aromatic N) is 3. The molecule has 1 aromatic heterocycles. The van der Waals surface area contributed by atoms with Crippen molar-refractivity contribution in [1.29, 1.82) is 5.41 Å². The van der Waals surface area contributed by atoms with Gasteiger partial charge in [-0.1, -0.05) is 18.2 Å². The van der Waals surface area contributed by atoms with Crippen LogP contribution in [0, 0.1) is 5.41 Å². The topological polar surface area (TPSA) is 83.2 Å². The molecule has 30 heavy (non-hydrogen) atoms. The molecule has 0 saturated carbocycles. The van der Waals surface area contributed by atoms with Gasteiger partial charge in [0.1, 0.15) is 0 Å². The highest BCUT2D eigenvalue weighted by Crippen LogP contribution is 2.19. The molecule has 1 fully saturated rings. The van der Waals surface area contributed by atoms with Crippen molar-refractivity contribution in [2.45, 2.75) is 0 Å². The van der Waals surface area contributed by atoms with Crippen molar-refractivity contribution in [1.82, 2.24) is 9.78 Å². The maximum atomic E-state index is 12.5. The SMILES string of the molecule is N=C/C=C(\Nc1ccccc1)c1nn(-c2ccc(N3CCOCC3)cc2)ccc1=O. The Morgan fingerprint density at radius 3 is 2.40 bits per heavy atom. The molecule has 0 spiro atoms. The first-order valence-corrected chi connectivity index (χ1v) is 9.81. The molecule has 2 aromatic carbocycles. The van der Waals surface area contributed by atoms with Crippen LogP contribution in [0.15, 0.2) is 77.7 Å². The average Bonchev–Trinajstić information content (AvgIpc) is 2.81. The van der Waals surface area contributed by atoms with Crippen LogP contribution in [-0.4, -0.2) is 42.3 Å². The van der Waals surface area contributed by atoms with Crippen molar-refractivity contribution in [2.75, 3.05) is 36.5 Å². The molecule has 2 heterocycles. The Bertz CT molecular complexity index is 1080. The lowest BCUT2D eigenvalue weighted by molar-refractivity contribution is 0.122. The van der Waals surface area contributed by atoms with Gasteiger partial charge in [-0.15, -0.1) is 0 Å². The second-order valence-corrected chi connectivity index (χ2v) is 6.83. The Morgan fingerprint density at radius 2 is 1.70 bits per heavy atom. The highest BCUT2D eigenvalue weighted by molar-refractivity contribution is 5.86. The van der Waals surface area contributed by atoms with Crippen LogP contribution < -0.4 is 15.6 Å². The first-order chi connectivity index (χ1) is 14.7. The minimum Gasteiger partial charge on any atom is -0.378 e. The van der Waals surface area contributed by atoms with E-state index in [1.807, 2.05) is 42.5 Å². The van der Waals surface area contributed by atoms with Crippen LogP contribution in [0.5, 0.6) is 0 Å². The van der Waals surface area contributed by atoms with Crippen molar-refractivity contribution in [3.8, 4) is 5.69 Å². The highest BCUT2D eigenvalue weighted by atomic mass is 16.5. The molecular formula is C23H23N5O2. The fourth-order valence-electron chi connectivity index (χ4n) is 3.32. The Hall–Kier alpha value is -3.71. The summed E-state index contributed by atoms with van der Waals surface area (Å²) in [7, 11) is 0. The number of para-hydroxylation sites is 1. The quantitative estimate of drug-likeness (QED) is 0.620. The number of rotatable bonds is 6. The van der Waals surface area contributed by atoms with E-state index in [0.29, 0.717) is 5.70 Å². The maximum absolute atomic E-state index is 12.5. The van der Waals surface area contributed by atoms with Crippen molar-refractivity contribution in [2.24, 2.45) is 0 Å². The number of nitrogens with one attached hydrogen (secondary N) is 2. The maximum Gasteiger partial charge on any atom is 0.209 e. The second kappa shape index (κ2) is 9.19. The van der Waals surface area contributed by atoms with Gasteiger partial charge in [-0.2, -0.15) is 5.10 Å². The van der Waals surface area contributed by atoms with E-state index in [-0.39, 0.29) is 11.1 Å². The lowest BCUT2D eigenvalue weighted by Gasteiger charge is -2.28. The summed E-state index contributed by atoms with van der Waals surface area (Å²) < 4.78 is 7.08. The van der Waals surface area contributed by atoms with Crippen LogP contribution in [0.3, 0.4) is 0 Å². The van der Waals surface area contributed by atoms with Crippen molar-refractivity contribution < 1.29 is 4.74 Å². The predicted molar refractivity (Wildman–Crippen MR) is 120 cm³/mol. The molecule has 152 valence electrons. The molecule has 2 N–H and O–H groups in total. The first kappa shape index (κ1) is 19.6. The van der Waals surface area contributed by atoms with Gasteiger partial charge in [0.2, 0.25) is 5.43 Å². The Kier molecular flexibility index (Phi) is 6.01. The first-order valence-electron chi connectivity index (χ1n) is 9.81. The van der Waals surface area contributed by atoms with Crippen molar-refractivity contribution in [3.05, 3.63) is 88.9 Å². The Labute approximate surface area is 174 Å². The third-order valence-electron chi connectivity index (χ3n) is 4.86. The highest BCUT2D eigenvalue weighted by Gasteiger charge is 2.13. The summed E-state index contributed by atoms with van der Waals surface area (Å²) in [5.74, 6) is 0. The minimum absolute atomic E-state index is 0.215. The zero-order chi connectivity index (χ0) is 20.8. The fraction of sp³-hybridized carbons (Fsp3) is 0.174. The van der Waals surface area contributed by atoms with Crippen LogP contribution in [0.25, 0.3) is 11.4 Å². The lowest BCUT2D eigenvalue weighted by Crippen LogP contribution is -2.36. The number of hydrogen-bond acceptors (Lipinski definition) is 6. The fourth-order valence-corrected chi connectivity index (χ4v) is 3.32. The summed E-state index contributed by atoms with van der Waals surface area (Å²) >= 11 is 0. The van der Waals surface area contributed by atoms with Gasteiger partial charge in [-0.25, -0.2) is 4.68 Å². The summed E-state index contributed by atoms with van der Waals surface area (Å²) in [6, 6.07) is 19.1. The van der Waals surface area contributed by atoms with E-state index < -0.39 is 0 Å². The molecule has 1 aliphatic heterocycles. The van der Waals surface area contributed by atoms with Gasteiger partial charge in [0.05, 0.1) is 24.6 Å². The molecule has 0 unspecified atom stereocenters. The van der Waals surface area contributed by atoms with E-state index in [0.717, 1.165) is 49.6 Å². The number of anilines is 2. The summed E-state index contributed by atoms with van der Waals surface area (Å²) in [4.78, 5) is 14.8. The number of benzene rings is 2. The molecular weight excluding hydrogens is 378 g/mol. The number of ether oxygens (including phenoxy) is 1. The van der Waals surface area contributed by atoms with Gasteiger partial charge in [0.15, 0.2) is 5.69 Å².